The summed E-state index contributed by atoms with van der Waals surface area (Å²) in [6.07, 6.45) is 8.34. The first kappa shape index (κ1) is 17.9. The number of halogens is 1. The Hall–Kier alpha value is -2.53. The van der Waals surface area contributed by atoms with Crippen LogP contribution < -0.4 is 4.74 Å². The van der Waals surface area contributed by atoms with Gasteiger partial charge in [-0.15, -0.1) is 6.42 Å². The van der Waals surface area contributed by atoms with Gasteiger partial charge < -0.3 is 4.74 Å². The van der Waals surface area contributed by atoms with Crippen LogP contribution in [-0.2, 0) is 9.84 Å². The number of ether oxygens (including phenoxy) is 1. The molecular weight excluding hydrogens is 404 g/mol. The third-order valence-electron chi connectivity index (χ3n) is 4.03. The van der Waals surface area contributed by atoms with Crippen LogP contribution in [0, 0.1) is 12.3 Å². The van der Waals surface area contributed by atoms with Crippen molar-refractivity contribution in [3.8, 4) is 29.4 Å². The molecule has 0 spiro atoms. The van der Waals surface area contributed by atoms with Crippen LogP contribution in [-0.4, -0.2) is 30.7 Å². The van der Waals surface area contributed by atoms with E-state index in [1.54, 1.807) is 30.3 Å². The number of hydrogen-bond acceptors (Lipinski definition) is 5. The van der Waals surface area contributed by atoms with Crippen LogP contribution in [0.2, 0.25) is 5.02 Å². The van der Waals surface area contributed by atoms with Gasteiger partial charge in [0.15, 0.2) is 14.8 Å². The largest absolute Gasteiger partial charge is 0.479 e. The lowest BCUT2D eigenvalue weighted by atomic mass is 10.1. The van der Waals surface area contributed by atoms with E-state index in [1.807, 2.05) is 16.7 Å². The Bertz CT molecular complexity index is 1330. The van der Waals surface area contributed by atoms with E-state index in [0.717, 1.165) is 26.4 Å². The third-order valence-corrected chi connectivity index (χ3v) is 6.47. The van der Waals surface area contributed by atoms with Gasteiger partial charge in [0, 0.05) is 18.0 Å². The monoisotopic (exact) mass is 416 g/mol. The van der Waals surface area contributed by atoms with Crippen molar-refractivity contribution in [2.24, 2.45) is 0 Å². The van der Waals surface area contributed by atoms with Crippen molar-refractivity contribution in [2.75, 3.05) is 12.9 Å². The number of benzene rings is 2. The highest BCUT2D eigenvalue weighted by Crippen LogP contribution is 2.34. The smallest absolute Gasteiger partial charge is 0.195 e. The molecule has 4 aromatic rings. The van der Waals surface area contributed by atoms with E-state index < -0.39 is 9.84 Å². The first-order valence-electron chi connectivity index (χ1n) is 7.85. The zero-order valence-corrected chi connectivity index (χ0v) is 16.5. The highest BCUT2D eigenvalue weighted by Gasteiger charge is 2.14. The molecule has 0 saturated heterocycles. The maximum atomic E-state index is 11.8. The molecule has 0 saturated carbocycles. The van der Waals surface area contributed by atoms with Crippen molar-refractivity contribution in [1.29, 1.82) is 0 Å². The summed E-state index contributed by atoms with van der Waals surface area (Å²) < 4.78 is 31.8. The molecule has 0 radical (unpaired) electrons. The lowest BCUT2D eigenvalue weighted by Gasteiger charge is -2.06. The number of thiazole rings is 1. The summed E-state index contributed by atoms with van der Waals surface area (Å²) in [5.41, 5.74) is 2.51. The van der Waals surface area contributed by atoms with E-state index in [4.69, 9.17) is 22.8 Å². The average Bonchev–Trinajstić information content (AvgIpc) is 3.17. The van der Waals surface area contributed by atoms with Gasteiger partial charge in [-0.3, -0.25) is 4.40 Å². The summed E-state index contributed by atoms with van der Waals surface area (Å²) in [6.45, 7) is 0.134. The second kappa shape index (κ2) is 6.57. The Morgan fingerprint density at radius 2 is 2.11 bits per heavy atom. The molecule has 0 aliphatic carbocycles. The number of imidazole rings is 1. The molecule has 2 heterocycles. The second-order valence-electron chi connectivity index (χ2n) is 5.92. The number of rotatable bonds is 4. The van der Waals surface area contributed by atoms with Crippen molar-refractivity contribution in [1.82, 2.24) is 9.38 Å². The van der Waals surface area contributed by atoms with Crippen LogP contribution in [0.25, 0.3) is 26.4 Å². The fourth-order valence-corrected chi connectivity index (χ4v) is 4.68. The predicted molar refractivity (Wildman–Crippen MR) is 108 cm³/mol. The average molecular weight is 417 g/mol. The van der Waals surface area contributed by atoms with E-state index >= 15 is 0 Å². The fourth-order valence-electron chi connectivity index (χ4n) is 2.74. The Kier molecular flexibility index (Phi) is 4.35. The molecule has 0 N–H and O–H groups in total. The molecule has 5 nitrogen and oxygen atoms in total. The molecule has 27 heavy (non-hydrogen) atoms. The molecule has 136 valence electrons. The normalized spacial score (nSPS) is 11.7. The first-order chi connectivity index (χ1) is 12.9. The summed E-state index contributed by atoms with van der Waals surface area (Å²) >= 11 is 7.57. The minimum absolute atomic E-state index is 0.134. The Morgan fingerprint density at radius 3 is 2.85 bits per heavy atom. The molecule has 0 bridgehead atoms. The van der Waals surface area contributed by atoms with Crippen molar-refractivity contribution < 1.29 is 13.2 Å². The van der Waals surface area contributed by atoms with Gasteiger partial charge in [-0.1, -0.05) is 34.9 Å². The molecule has 2 aromatic heterocycles. The maximum absolute atomic E-state index is 11.8. The van der Waals surface area contributed by atoms with Gasteiger partial charge in [-0.05, 0) is 30.3 Å². The Balaban J connectivity index is 1.79. The highest BCUT2D eigenvalue weighted by molar-refractivity contribution is 7.90. The minimum Gasteiger partial charge on any atom is -0.479 e. The van der Waals surface area contributed by atoms with Gasteiger partial charge >= 0.3 is 0 Å². The van der Waals surface area contributed by atoms with E-state index in [9.17, 15) is 8.42 Å². The Morgan fingerprint density at radius 1 is 1.30 bits per heavy atom. The number of sulfone groups is 1. The van der Waals surface area contributed by atoms with Gasteiger partial charge in [0.25, 0.3) is 0 Å². The second-order valence-corrected chi connectivity index (χ2v) is 9.35. The van der Waals surface area contributed by atoms with Crippen molar-refractivity contribution in [3.63, 3.8) is 0 Å². The minimum atomic E-state index is -3.25. The summed E-state index contributed by atoms with van der Waals surface area (Å²) in [6, 6.07) is 10.5. The van der Waals surface area contributed by atoms with E-state index in [2.05, 4.69) is 10.9 Å². The molecule has 8 heteroatoms. The number of fused-ring (bicyclic) bond motifs is 3. The molecule has 0 aliphatic rings. The number of aromatic nitrogens is 2. The quantitative estimate of drug-likeness (QED) is 0.466. The topological polar surface area (TPSA) is 60.7 Å². The van der Waals surface area contributed by atoms with Gasteiger partial charge in [-0.25, -0.2) is 13.4 Å². The van der Waals surface area contributed by atoms with Crippen LogP contribution in [0.3, 0.4) is 0 Å². The molecular formula is C19H13ClN2O3S2. The van der Waals surface area contributed by atoms with Gasteiger partial charge in [-0.2, -0.15) is 0 Å². The third kappa shape index (κ3) is 3.28. The van der Waals surface area contributed by atoms with Crippen molar-refractivity contribution in [3.05, 3.63) is 47.6 Å². The first-order valence-corrected chi connectivity index (χ1v) is 10.9. The van der Waals surface area contributed by atoms with E-state index in [1.165, 1.54) is 17.6 Å². The molecule has 0 atom stereocenters. The van der Waals surface area contributed by atoms with Crippen LogP contribution in [0.5, 0.6) is 5.75 Å². The number of hydrogen-bond donors (Lipinski definition) is 0. The number of nitrogens with zero attached hydrogens (tertiary/aromatic N) is 2. The summed E-state index contributed by atoms with van der Waals surface area (Å²) in [7, 11) is -3.25. The molecule has 0 fully saturated rings. The van der Waals surface area contributed by atoms with Gasteiger partial charge in [0.2, 0.25) is 0 Å². The lowest BCUT2D eigenvalue weighted by molar-refractivity contribution is 0.371. The molecule has 2 aromatic carbocycles. The molecule has 0 aliphatic heterocycles. The summed E-state index contributed by atoms with van der Waals surface area (Å²) in [5.74, 6) is 2.92. The Labute approximate surface area is 165 Å². The molecule has 0 unspecified atom stereocenters. The summed E-state index contributed by atoms with van der Waals surface area (Å²) in [5, 5.41) is 0.480. The number of terminal acetylenes is 1. The highest BCUT2D eigenvalue weighted by atomic mass is 35.5. The van der Waals surface area contributed by atoms with Gasteiger partial charge in [0.1, 0.15) is 12.4 Å². The van der Waals surface area contributed by atoms with Crippen LogP contribution in [0.1, 0.15) is 0 Å². The zero-order valence-electron chi connectivity index (χ0n) is 14.1. The van der Waals surface area contributed by atoms with Crippen LogP contribution in [0.15, 0.2) is 47.5 Å². The summed E-state index contributed by atoms with van der Waals surface area (Å²) in [4.78, 5) is 5.73. The standard InChI is InChI=1S/C19H13ClN2O3S2/c1-3-8-25-17-9-12(4-6-14(17)20)15-11-22-16-7-5-13(27(2,23)24)10-18(16)26-19(22)21-15/h1,4-7,9-11H,8H2,2H3. The fraction of sp³-hybridized carbons (Fsp3) is 0.105. The van der Waals surface area contributed by atoms with Crippen LogP contribution >= 0.6 is 22.9 Å². The maximum Gasteiger partial charge on any atom is 0.195 e. The lowest BCUT2D eigenvalue weighted by Crippen LogP contribution is -1.96. The van der Waals surface area contributed by atoms with E-state index in [0.29, 0.717) is 15.7 Å². The SMILES string of the molecule is C#CCOc1cc(-c2cn3c(n2)sc2cc(S(C)(=O)=O)ccc23)ccc1Cl. The van der Waals surface area contributed by atoms with Gasteiger partial charge in [0.05, 0.1) is 25.8 Å². The van der Waals surface area contributed by atoms with Crippen molar-refractivity contribution in [2.45, 2.75) is 4.90 Å². The molecule has 4 rings (SSSR count). The van der Waals surface area contributed by atoms with Crippen molar-refractivity contribution >= 4 is 48.0 Å². The van der Waals surface area contributed by atoms with Crippen LogP contribution in [0.4, 0.5) is 0 Å². The molecule has 0 amide bonds. The van der Waals surface area contributed by atoms with E-state index in [-0.39, 0.29) is 6.61 Å². The zero-order chi connectivity index (χ0) is 19.2. The predicted octanol–water partition coefficient (Wildman–Crippen LogP) is 4.28.